The van der Waals surface area contributed by atoms with Gasteiger partial charge in [0, 0.05) is 11.6 Å². The van der Waals surface area contributed by atoms with E-state index in [-0.39, 0.29) is 12.0 Å². The molecule has 0 saturated carbocycles. The van der Waals surface area contributed by atoms with E-state index in [1.165, 1.54) is 17.7 Å². The molecule has 114 valence electrons. The topological polar surface area (TPSA) is 61.1 Å². The summed E-state index contributed by atoms with van der Waals surface area (Å²) in [4.78, 5) is 10.1. The van der Waals surface area contributed by atoms with Crippen LogP contribution < -0.4 is 0 Å². The van der Waals surface area contributed by atoms with Gasteiger partial charge >= 0.3 is 5.97 Å². The van der Waals surface area contributed by atoms with Crippen LogP contribution in [0.3, 0.4) is 0 Å². The first kappa shape index (κ1) is 21.2. The van der Waals surface area contributed by atoms with E-state index in [4.69, 9.17) is 10.4 Å². The Balaban J connectivity index is 0. The van der Waals surface area contributed by atoms with E-state index in [1.807, 2.05) is 36.4 Å². The third kappa shape index (κ3) is 14.9. The molecule has 0 saturated heterocycles. The zero-order valence-corrected chi connectivity index (χ0v) is 12.6. The second-order valence-electron chi connectivity index (χ2n) is 3.73. The number of carboxylic acids is 1. The summed E-state index contributed by atoms with van der Waals surface area (Å²) in [6.07, 6.45) is 8.02. The molecule has 0 heterocycles. The number of aliphatic carboxylic acids is 1. The largest absolute Gasteiger partial charge is 0.478 e. The second kappa shape index (κ2) is 15.9. The molecule has 0 aliphatic heterocycles. The van der Waals surface area contributed by atoms with Crippen molar-refractivity contribution >= 4 is 12.0 Å². The SMILES string of the molecule is C=C(CC=CC#N)C(=O)O.C=CC=C.C=Cc1ccccc1. The first-order valence-corrected chi connectivity index (χ1v) is 6.40. The molecule has 0 aromatic heterocycles. The fourth-order valence-corrected chi connectivity index (χ4v) is 0.930. The molecule has 0 spiro atoms. The number of carboxylic acid groups (broad SMARTS) is 1. The molecule has 0 bridgehead atoms. The predicted molar refractivity (Wildman–Crippen MR) is 93.1 cm³/mol. The van der Waals surface area contributed by atoms with Crippen molar-refractivity contribution in [3.63, 3.8) is 0 Å². The van der Waals surface area contributed by atoms with Crippen LogP contribution in [0, 0.1) is 11.3 Å². The molecule has 1 aromatic carbocycles. The van der Waals surface area contributed by atoms with Crippen LogP contribution in [0.2, 0.25) is 0 Å². The summed E-state index contributed by atoms with van der Waals surface area (Å²) in [5, 5.41) is 16.3. The van der Waals surface area contributed by atoms with E-state index >= 15 is 0 Å². The Morgan fingerprint density at radius 3 is 2.05 bits per heavy atom. The number of rotatable bonds is 5. The fourth-order valence-electron chi connectivity index (χ4n) is 0.930. The van der Waals surface area contributed by atoms with Gasteiger partial charge in [-0.05, 0) is 12.0 Å². The zero-order chi connectivity index (χ0) is 17.2. The molecular formula is C19H21NO2. The van der Waals surface area contributed by atoms with Gasteiger partial charge in [0.1, 0.15) is 0 Å². The molecule has 3 nitrogen and oxygen atoms in total. The Hall–Kier alpha value is -3.12. The number of allylic oxidation sites excluding steroid dienone is 4. The number of carbonyl (C=O) groups is 1. The Kier molecular flexibility index (Phi) is 15.3. The highest BCUT2D eigenvalue weighted by atomic mass is 16.4. The average molecular weight is 295 g/mol. The smallest absolute Gasteiger partial charge is 0.331 e. The summed E-state index contributed by atoms with van der Waals surface area (Å²) in [7, 11) is 0. The van der Waals surface area contributed by atoms with E-state index in [9.17, 15) is 4.79 Å². The summed E-state index contributed by atoms with van der Waals surface area (Å²) in [5.74, 6) is -1.03. The van der Waals surface area contributed by atoms with Gasteiger partial charge in [0.2, 0.25) is 0 Å². The maximum atomic E-state index is 10.1. The molecule has 1 aromatic rings. The van der Waals surface area contributed by atoms with Crippen LogP contribution in [0.4, 0.5) is 0 Å². The van der Waals surface area contributed by atoms with Gasteiger partial charge in [0.25, 0.3) is 0 Å². The lowest BCUT2D eigenvalue weighted by Gasteiger charge is -1.89. The molecule has 0 amide bonds. The van der Waals surface area contributed by atoms with Crippen LogP contribution in [0.1, 0.15) is 12.0 Å². The number of benzene rings is 1. The summed E-state index contributed by atoms with van der Waals surface area (Å²) in [5.41, 5.74) is 1.26. The van der Waals surface area contributed by atoms with Gasteiger partial charge < -0.3 is 5.11 Å². The molecule has 22 heavy (non-hydrogen) atoms. The number of nitriles is 1. The molecule has 1 N–H and O–H groups in total. The number of hydrogen-bond acceptors (Lipinski definition) is 2. The molecular weight excluding hydrogens is 274 g/mol. The monoisotopic (exact) mass is 295 g/mol. The van der Waals surface area contributed by atoms with Gasteiger partial charge in [0.05, 0.1) is 6.07 Å². The van der Waals surface area contributed by atoms with Crippen molar-refractivity contribution in [1.82, 2.24) is 0 Å². The zero-order valence-electron chi connectivity index (χ0n) is 12.6. The number of nitrogens with zero attached hydrogens (tertiary/aromatic N) is 1. The van der Waals surface area contributed by atoms with Crippen LogP contribution in [-0.4, -0.2) is 11.1 Å². The third-order valence-corrected chi connectivity index (χ3v) is 2.06. The van der Waals surface area contributed by atoms with Gasteiger partial charge in [-0.1, -0.05) is 81.0 Å². The lowest BCUT2D eigenvalue weighted by atomic mass is 10.2. The van der Waals surface area contributed by atoms with E-state index in [0.29, 0.717) is 0 Å². The van der Waals surface area contributed by atoms with Crippen molar-refractivity contribution in [1.29, 1.82) is 5.26 Å². The maximum absolute atomic E-state index is 10.1. The van der Waals surface area contributed by atoms with Crippen molar-refractivity contribution in [3.8, 4) is 6.07 Å². The van der Waals surface area contributed by atoms with Crippen molar-refractivity contribution in [2.75, 3.05) is 0 Å². The summed E-state index contributed by atoms with van der Waals surface area (Å²) in [6, 6.07) is 11.8. The highest BCUT2D eigenvalue weighted by Gasteiger charge is 1.98. The minimum Gasteiger partial charge on any atom is -0.478 e. The third-order valence-electron chi connectivity index (χ3n) is 2.06. The molecule has 0 radical (unpaired) electrons. The summed E-state index contributed by atoms with van der Waals surface area (Å²) >= 11 is 0. The molecule has 1 rings (SSSR count). The lowest BCUT2D eigenvalue weighted by Crippen LogP contribution is -1.96. The van der Waals surface area contributed by atoms with Crippen LogP contribution >= 0.6 is 0 Å². The standard InChI is InChI=1S/C8H8.C7H7NO2.C4H6/c1-2-8-6-4-3-5-7-8;1-6(7(9)10)4-2-3-5-8;1-3-4-2/h2-7H,1H2;2-3H,1,4H2,(H,9,10);3-4H,1-2H2. The molecule has 0 atom stereocenters. The summed E-state index contributed by atoms with van der Waals surface area (Å²) in [6.45, 7) is 13.6. The Labute approximate surface area is 132 Å². The Bertz CT molecular complexity index is 543. The minimum atomic E-state index is -1.03. The van der Waals surface area contributed by atoms with E-state index < -0.39 is 5.97 Å². The van der Waals surface area contributed by atoms with Crippen LogP contribution in [-0.2, 0) is 4.79 Å². The first-order chi connectivity index (χ1) is 10.5. The van der Waals surface area contributed by atoms with Gasteiger partial charge in [-0.3, -0.25) is 0 Å². The lowest BCUT2D eigenvalue weighted by molar-refractivity contribution is -0.132. The Morgan fingerprint density at radius 2 is 1.73 bits per heavy atom. The van der Waals surface area contributed by atoms with Gasteiger partial charge in [-0.2, -0.15) is 5.26 Å². The second-order valence-corrected chi connectivity index (χ2v) is 3.73. The number of hydrogen-bond donors (Lipinski definition) is 1. The van der Waals surface area contributed by atoms with E-state index in [2.05, 4.69) is 26.3 Å². The molecule has 0 aliphatic carbocycles. The van der Waals surface area contributed by atoms with E-state index in [1.54, 1.807) is 18.2 Å². The van der Waals surface area contributed by atoms with Crippen LogP contribution in [0.5, 0.6) is 0 Å². The first-order valence-electron chi connectivity index (χ1n) is 6.40. The summed E-state index contributed by atoms with van der Waals surface area (Å²) < 4.78 is 0. The van der Waals surface area contributed by atoms with Gasteiger partial charge in [0.15, 0.2) is 0 Å². The highest BCUT2D eigenvalue weighted by Crippen LogP contribution is 1.98. The van der Waals surface area contributed by atoms with Crippen molar-refractivity contribution < 1.29 is 9.90 Å². The van der Waals surface area contributed by atoms with Crippen molar-refractivity contribution in [3.05, 3.63) is 92.1 Å². The van der Waals surface area contributed by atoms with Gasteiger partial charge in [-0.15, -0.1) is 0 Å². The van der Waals surface area contributed by atoms with Crippen molar-refractivity contribution in [2.24, 2.45) is 0 Å². The molecule has 0 unspecified atom stereocenters. The molecule has 0 aliphatic rings. The minimum absolute atomic E-state index is 0.0894. The predicted octanol–water partition coefficient (Wildman–Crippen LogP) is 4.79. The van der Waals surface area contributed by atoms with E-state index in [0.717, 1.165) is 0 Å². The quantitative estimate of drug-likeness (QED) is 0.483. The fraction of sp³-hybridized carbons (Fsp3) is 0.0526. The molecule has 0 fully saturated rings. The highest BCUT2D eigenvalue weighted by molar-refractivity contribution is 5.86. The Morgan fingerprint density at radius 1 is 1.18 bits per heavy atom. The molecule has 3 heteroatoms. The van der Waals surface area contributed by atoms with Crippen LogP contribution in [0.25, 0.3) is 6.08 Å². The van der Waals surface area contributed by atoms with Gasteiger partial charge in [-0.25, -0.2) is 4.79 Å². The normalized spacial score (nSPS) is 8.14. The average Bonchev–Trinajstić information content (AvgIpc) is 2.56. The van der Waals surface area contributed by atoms with Crippen molar-refractivity contribution in [2.45, 2.75) is 6.42 Å². The van der Waals surface area contributed by atoms with Crippen LogP contribution in [0.15, 0.2) is 86.5 Å². The maximum Gasteiger partial charge on any atom is 0.331 e.